The number of nitrogens with one attached hydrogen (secondary N) is 1. The van der Waals surface area contributed by atoms with E-state index in [1.807, 2.05) is 17.0 Å². The Balaban J connectivity index is 1.81. The van der Waals surface area contributed by atoms with Crippen LogP contribution in [0.15, 0.2) is 30.3 Å². The Labute approximate surface area is 141 Å². The summed E-state index contributed by atoms with van der Waals surface area (Å²) < 4.78 is 0. The van der Waals surface area contributed by atoms with E-state index in [0.29, 0.717) is 18.1 Å². The Morgan fingerprint density at radius 2 is 1.83 bits per heavy atom. The molecule has 0 unspecified atom stereocenters. The summed E-state index contributed by atoms with van der Waals surface area (Å²) in [5.74, 6) is -0.00247. The predicted molar refractivity (Wildman–Crippen MR) is 92.3 cm³/mol. The zero-order valence-electron chi connectivity index (χ0n) is 13.5. The molecule has 3 amide bonds. The van der Waals surface area contributed by atoms with E-state index in [4.69, 9.17) is 11.6 Å². The number of benzene rings is 1. The van der Waals surface area contributed by atoms with Crippen molar-refractivity contribution in [3.63, 3.8) is 0 Å². The molecule has 0 aliphatic carbocycles. The van der Waals surface area contributed by atoms with Crippen LogP contribution in [-0.4, -0.2) is 55.0 Å². The molecule has 1 aromatic carbocycles. The number of piperidine rings is 1. The van der Waals surface area contributed by atoms with Crippen LogP contribution in [0.2, 0.25) is 5.02 Å². The Morgan fingerprint density at radius 1 is 1.22 bits per heavy atom. The highest BCUT2D eigenvalue weighted by Crippen LogP contribution is 2.13. The van der Waals surface area contributed by atoms with Gasteiger partial charge in [0.15, 0.2) is 0 Å². The molecule has 1 saturated heterocycles. The van der Waals surface area contributed by atoms with E-state index in [0.717, 1.165) is 18.4 Å². The van der Waals surface area contributed by atoms with Crippen molar-refractivity contribution in [1.29, 1.82) is 0 Å². The van der Waals surface area contributed by atoms with Crippen molar-refractivity contribution in [3.8, 4) is 0 Å². The summed E-state index contributed by atoms with van der Waals surface area (Å²) >= 11 is 5.83. The first-order chi connectivity index (χ1) is 11.0. The summed E-state index contributed by atoms with van der Waals surface area (Å²) in [6.45, 7) is 1.31. The molecular formula is C17H22ClN3O2. The minimum atomic E-state index is -0.0857. The average molecular weight is 336 g/mol. The van der Waals surface area contributed by atoms with Gasteiger partial charge in [0.25, 0.3) is 0 Å². The molecular weight excluding hydrogens is 314 g/mol. The van der Waals surface area contributed by atoms with Crippen molar-refractivity contribution in [3.05, 3.63) is 40.9 Å². The SMILES string of the molecule is CN(C)C(=O)NC1CCN(C(=O)/C=C/c2ccc(Cl)cc2)CC1. The van der Waals surface area contributed by atoms with Crippen LogP contribution in [0, 0.1) is 0 Å². The van der Waals surface area contributed by atoms with Gasteiger partial charge in [-0.2, -0.15) is 0 Å². The average Bonchev–Trinajstić information content (AvgIpc) is 2.54. The molecule has 0 bridgehead atoms. The largest absolute Gasteiger partial charge is 0.339 e. The number of halogens is 1. The summed E-state index contributed by atoms with van der Waals surface area (Å²) in [4.78, 5) is 27.1. The normalized spacial score (nSPS) is 15.7. The first-order valence-electron chi connectivity index (χ1n) is 7.66. The monoisotopic (exact) mass is 335 g/mol. The van der Waals surface area contributed by atoms with Gasteiger partial charge in [0, 0.05) is 44.3 Å². The molecule has 1 fully saturated rings. The standard InChI is InChI=1S/C17H22ClN3O2/c1-20(2)17(23)19-15-9-11-21(12-10-15)16(22)8-5-13-3-6-14(18)7-4-13/h3-8,15H,9-12H2,1-2H3,(H,19,23)/b8-5+. The van der Waals surface area contributed by atoms with Crippen LogP contribution in [0.1, 0.15) is 18.4 Å². The van der Waals surface area contributed by atoms with Gasteiger partial charge >= 0.3 is 6.03 Å². The molecule has 0 aromatic heterocycles. The fraction of sp³-hybridized carbons (Fsp3) is 0.412. The lowest BCUT2D eigenvalue weighted by molar-refractivity contribution is -0.127. The van der Waals surface area contributed by atoms with E-state index in [9.17, 15) is 9.59 Å². The highest BCUT2D eigenvalue weighted by Gasteiger charge is 2.23. The van der Waals surface area contributed by atoms with Crippen LogP contribution >= 0.6 is 11.6 Å². The Kier molecular flexibility index (Phi) is 6.04. The predicted octanol–water partition coefficient (Wildman–Crippen LogP) is 2.62. The topological polar surface area (TPSA) is 52.7 Å². The van der Waals surface area contributed by atoms with Gasteiger partial charge in [0.05, 0.1) is 0 Å². The summed E-state index contributed by atoms with van der Waals surface area (Å²) in [5, 5.41) is 3.64. The zero-order valence-corrected chi connectivity index (χ0v) is 14.2. The third-order valence-corrected chi connectivity index (χ3v) is 4.08. The number of carbonyl (C=O) groups excluding carboxylic acids is 2. The van der Waals surface area contributed by atoms with Gasteiger partial charge in [0.1, 0.15) is 0 Å². The minimum Gasteiger partial charge on any atom is -0.339 e. The van der Waals surface area contributed by atoms with Crippen LogP contribution in [0.4, 0.5) is 4.79 Å². The van der Waals surface area contributed by atoms with Gasteiger partial charge in [-0.15, -0.1) is 0 Å². The molecule has 2 rings (SSSR count). The Bertz CT molecular complexity index is 576. The second-order valence-corrected chi connectivity index (χ2v) is 6.26. The lowest BCUT2D eigenvalue weighted by atomic mass is 10.1. The van der Waals surface area contributed by atoms with Crippen molar-refractivity contribution in [2.45, 2.75) is 18.9 Å². The highest BCUT2D eigenvalue weighted by molar-refractivity contribution is 6.30. The number of rotatable bonds is 3. The number of hydrogen-bond donors (Lipinski definition) is 1. The highest BCUT2D eigenvalue weighted by atomic mass is 35.5. The van der Waals surface area contributed by atoms with Gasteiger partial charge in [0.2, 0.25) is 5.91 Å². The first kappa shape index (κ1) is 17.3. The van der Waals surface area contributed by atoms with Crippen molar-refractivity contribution < 1.29 is 9.59 Å². The zero-order chi connectivity index (χ0) is 16.8. The van der Waals surface area contributed by atoms with Crippen molar-refractivity contribution in [2.24, 2.45) is 0 Å². The number of hydrogen-bond acceptors (Lipinski definition) is 2. The smallest absolute Gasteiger partial charge is 0.317 e. The summed E-state index contributed by atoms with van der Waals surface area (Å²) in [6.07, 6.45) is 4.93. The summed E-state index contributed by atoms with van der Waals surface area (Å²) in [6, 6.07) is 7.38. The molecule has 1 aromatic rings. The number of carbonyl (C=O) groups is 2. The molecule has 6 heteroatoms. The van der Waals surface area contributed by atoms with Crippen LogP contribution < -0.4 is 5.32 Å². The lowest BCUT2D eigenvalue weighted by Gasteiger charge is -2.32. The number of likely N-dealkylation sites (tertiary alicyclic amines) is 1. The van der Waals surface area contributed by atoms with Crippen molar-refractivity contribution >= 4 is 29.6 Å². The molecule has 1 N–H and O–H groups in total. The summed E-state index contributed by atoms with van der Waals surface area (Å²) in [5.41, 5.74) is 0.941. The van der Waals surface area contributed by atoms with Gasteiger partial charge < -0.3 is 15.1 Å². The van der Waals surface area contributed by atoms with Crippen molar-refractivity contribution in [1.82, 2.24) is 15.1 Å². The van der Waals surface area contributed by atoms with Crippen LogP contribution in [0.25, 0.3) is 6.08 Å². The molecule has 0 radical (unpaired) electrons. The van der Waals surface area contributed by atoms with E-state index < -0.39 is 0 Å². The molecule has 0 atom stereocenters. The fourth-order valence-corrected chi connectivity index (χ4v) is 2.52. The minimum absolute atomic E-state index is 0.00247. The van der Waals surface area contributed by atoms with Crippen LogP contribution in [0.3, 0.4) is 0 Å². The Hall–Kier alpha value is -2.01. The Morgan fingerprint density at radius 3 is 2.39 bits per heavy atom. The molecule has 5 nitrogen and oxygen atoms in total. The van der Waals surface area contributed by atoms with Gasteiger partial charge in [-0.25, -0.2) is 4.79 Å². The number of urea groups is 1. The van der Waals surface area contributed by atoms with E-state index in [-0.39, 0.29) is 18.0 Å². The van der Waals surface area contributed by atoms with Crippen molar-refractivity contribution in [2.75, 3.05) is 27.2 Å². The van der Waals surface area contributed by atoms with Gasteiger partial charge in [-0.1, -0.05) is 23.7 Å². The van der Waals surface area contributed by atoms with Gasteiger partial charge in [-0.05, 0) is 36.6 Å². The van der Waals surface area contributed by atoms with E-state index in [1.54, 1.807) is 38.4 Å². The number of amides is 3. The second kappa shape index (κ2) is 8.02. The maximum absolute atomic E-state index is 12.2. The number of nitrogens with zero attached hydrogens (tertiary/aromatic N) is 2. The van der Waals surface area contributed by atoms with E-state index in [2.05, 4.69) is 5.32 Å². The molecule has 0 spiro atoms. The maximum Gasteiger partial charge on any atom is 0.317 e. The molecule has 0 saturated carbocycles. The fourth-order valence-electron chi connectivity index (χ4n) is 2.39. The molecule has 124 valence electrons. The molecule has 1 aliphatic rings. The van der Waals surface area contributed by atoms with Crippen LogP contribution in [-0.2, 0) is 4.79 Å². The van der Waals surface area contributed by atoms with E-state index >= 15 is 0 Å². The quantitative estimate of drug-likeness (QED) is 0.863. The molecule has 23 heavy (non-hydrogen) atoms. The second-order valence-electron chi connectivity index (χ2n) is 5.83. The third-order valence-electron chi connectivity index (χ3n) is 3.83. The van der Waals surface area contributed by atoms with E-state index in [1.165, 1.54) is 4.90 Å². The summed E-state index contributed by atoms with van der Waals surface area (Å²) in [7, 11) is 3.44. The third kappa shape index (κ3) is 5.28. The van der Waals surface area contributed by atoms with Gasteiger partial charge in [-0.3, -0.25) is 4.79 Å². The maximum atomic E-state index is 12.2. The lowest BCUT2D eigenvalue weighted by Crippen LogP contribution is -2.48. The molecule has 1 aliphatic heterocycles. The first-order valence-corrected chi connectivity index (χ1v) is 8.04. The van der Waals surface area contributed by atoms with Crippen LogP contribution in [0.5, 0.6) is 0 Å². The molecule has 1 heterocycles.